The summed E-state index contributed by atoms with van der Waals surface area (Å²) >= 11 is 0. The molecule has 2 saturated carbocycles. The van der Waals surface area contributed by atoms with Gasteiger partial charge < -0.3 is 14.2 Å². The number of carbonyl (C=O) groups is 2. The number of carbonyl (C=O) groups excluding carboxylic acids is 2. The standard InChI is InChI=1S/C34H37N5O5/c1-21(22-8-4-3-5-9-22)43-26-13-7-11-24(17-26)23-10-6-12-25(16-23)39-32(28-18-27(28)30-20-38(2)37-36-30)29(19-35-39)33(40)44-31-14-15-42-34(31)41/h6-7,10-13,16-17,19-22,27-28,31H,3-5,8-9,14-15,18H2,1-2H3/t21?,27-,28-,31?/m1/s1. The number of aryl methyl sites for hydroxylation is 1. The van der Waals surface area contributed by atoms with E-state index in [4.69, 9.17) is 14.2 Å². The highest BCUT2D eigenvalue weighted by atomic mass is 16.6. The molecule has 2 aromatic heterocycles. The molecular formula is C34H37N5O5. The molecule has 4 atom stereocenters. The first kappa shape index (κ1) is 28.3. The van der Waals surface area contributed by atoms with Crippen molar-refractivity contribution in [1.29, 1.82) is 0 Å². The molecule has 0 N–H and O–H groups in total. The summed E-state index contributed by atoms with van der Waals surface area (Å²) in [5.74, 6) is 0.476. The van der Waals surface area contributed by atoms with Gasteiger partial charge in [-0.3, -0.25) is 4.68 Å². The lowest BCUT2D eigenvalue weighted by Gasteiger charge is -2.28. The van der Waals surface area contributed by atoms with Gasteiger partial charge in [0.15, 0.2) is 0 Å². The quantitative estimate of drug-likeness (QED) is 0.225. The van der Waals surface area contributed by atoms with Gasteiger partial charge in [-0.2, -0.15) is 5.10 Å². The number of hydrogen-bond donors (Lipinski definition) is 0. The van der Waals surface area contributed by atoms with Crippen LogP contribution in [0.5, 0.6) is 5.75 Å². The lowest BCUT2D eigenvalue weighted by atomic mass is 9.86. The molecule has 2 aromatic carbocycles. The number of aromatic nitrogens is 5. The third-order valence-electron chi connectivity index (χ3n) is 9.20. The predicted octanol–water partition coefficient (Wildman–Crippen LogP) is 5.76. The van der Waals surface area contributed by atoms with Crippen molar-refractivity contribution < 1.29 is 23.8 Å². The van der Waals surface area contributed by atoms with Crippen LogP contribution in [0.25, 0.3) is 16.8 Å². The molecule has 228 valence electrons. The Labute approximate surface area is 256 Å². The third-order valence-corrected chi connectivity index (χ3v) is 9.20. The molecule has 2 unspecified atom stereocenters. The zero-order valence-corrected chi connectivity index (χ0v) is 25.1. The molecule has 4 aromatic rings. The van der Waals surface area contributed by atoms with E-state index in [0.717, 1.165) is 40.4 Å². The van der Waals surface area contributed by atoms with Crippen molar-refractivity contribution in [3.63, 3.8) is 0 Å². The highest BCUT2D eigenvalue weighted by molar-refractivity contribution is 5.93. The maximum atomic E-state index is 13.4. The van der Waals surface area contributed by atoms with Crippen LogP contribution >= 0.6 is 0 Å². The zero-order chi connectivity index (χ0) is 30.2. The Morgan fingerprint density at radius 1 is 1.02 bits per heavy atom. The fourth-order valence-corrected chi connectivity index (χ4v) is 6.69. The lowest BCUT2D eigenvalue weighted by Crippen LogP contribution is -2.25. The minimum Gasteiger partial charge on any atom is -0.490 e. The molecule has 0 bridgehead atoms. The predicted molar refractivity (Wildman–Crippen MR) is 162 cm³/mol. The van der Waals surface area contributed by atoms with Gasteiger partial charge in [-0.05, 0) is 67.5 Å². The van der Waals surface area contributed by atoms with Crippen molar-refractivity contribution in [2.45, 2.75) is 75.9 Å². The first-order valence-corrected chi connectivity index (χ1v) is 15.6. The number of benzene rings is 2. The normalized spacial score (nSPS) is 22.4. The largest absolute Gasteiger partial charge is 0.490 e. The second-order valence-corrected chi connectivity index (χ2v) is 12.3. The number of ether oxygens (including phenoxy) is 3. The molecule has 7 rings (SSSR count). The van der Waals surface area contributed by atoms with Crippen LogP contribution in [-0.4, -0.2) is 55.5 Å². The summed E-state index contributed by atoms with van der Waals surface area (Å²) in [5.41, 5.74) is 4.84. The van der Waals surface area contributed by atoms with Crippen molar-refractivity contribution in [2.24, 2.45) is 13.0 Å². The SMILES string of the molecule is CC(Oc1cccc(-c2cccc(-n3ncc(C(=O)OC4CCOC4=O)c3[C@@H]3C[C@H]3c3cn(C)nn3)c2)c1)C1CCCCC1. The van der Waals surface area contributed by atoms with E-state index in [1.165, 1.54) is 38.3 Å². The molecule has 10 nitrogen and oxygen atoms in total. The summed E-state index contributed by atoms with van der Waals surface area (Å²) in [7, 11) is 1.84. The van der Waals surface area contributed by atoms with Crippen LogP contribution in [0.2, 0.25) is 0 Å². The smallest absolute Gasteiger partial charge is 0.347 e. The maximum Gasteiger partial charge on any atom is 0.347 e. The Bertz CT molecular complexity index is 1670. The monoisotopic (exact) mass is 595 g/mol. The van der Waals surface area contributed by atoms with Crippen molar-refractivity contribution in [1.82, 2.24) is 24.8 Å². The number of nitrogens with zero attached hydrogens (tertiary/aromatic N) is 5. The van der Waals surface area contributed by atoms with Crippen LogP contribution in [-0.2, 0) is 21.3 Å². The first-order chi connectivity index (χ1) is 21.4. The Balaban J connectivity index is 1.18. The van der Waals surface area contributed by atoms with E-state index < -0.39 is 18.0 Å². The topological polar surface area (TPSA) is 110 Å². The summed E-state index contributed by atoms with van der Waals surface area (Å²) < 4.78 is 20.5. The summed E-state index contributed by atoms with van der Waals surface area (Å²) in [4.78, 5) is 25.4. The van der Waals surface area contributed by atoms with E-state index >= 15 is 0 Å². The van der Waals surface area contributed by atoms with Crippen LogP contribution in [0.4, 0.5) is 0 Å². The first-order valence-electron chi connectivity index (χ1n) is 15.6. The number of cyclic esters (lactones) is 1. The Morgan fingerprint density at radius 2 is 1.82 bits per heavy atom. The average Bonchev–Trinajstić information content (AvgIpc) is 3.30. The fraction of sp³-hybridized carbons (Fsp3) is 0.441. The van der Waals surface area contributed by atoms with Gasteiger partial charge in [0.05, 0.1) is 36.0 Å². The van der Waals surface area contributed by atoms with Gasteiger partial charge in [0.2, 0.25) is 6.10 Å². The molecule has 3 heterocycles. The van der Waals surface area contributed by atoms with E-state index in [9.17, 15) is 9.59 Å². The molecule has 44 heavy (non-hydrogen) atoms. The van der Waals surface area contributed by atoms with Crippen LogP contribution in [0, 0.1) is 5.92 Å². The summed E-state index contributed by atoms with van der Waals surface area (Å²) in [6.45, 7) is 2.44. The molecule has 0 radical (unpaired) electrons. The Morgan fingerprint density at radius 3 is 2.57 bits per heavy atom. The molecule has 0 spiro atoms. The lowest BCUT2D eigenvalue weighted by molar-refractivity contribution is -0.145. The highest BCUT2D eigenvalue weighted by Gasteiger charge is 2.46. The minimum atomic E-state index is -0.896. The molecule has 2 aliphatic carbocycles. The van der Waals surface area contributed by atoms with Gasteiger partial charge in [0, 0.05) is 31.5 Å². The number of rotatable bonds is 9. The third kappa shape index (κ3) is 5.73. The van der Waals surface area contributed by atoms with Crippen molar-refractivity contribution in [3.8, 4) is 22.6 Å². The Hall–Kier alpha value is -4.47. The average molecular weight is 596 g/mol. The molecule has 3 aliphatic rings. The second-order valence-electron chi connectivity index (χ2n) is 12.3. The highest BCUT2D eigenvalue weighted by Crippen LogP contribution is 2.55. The van der Waals surface area contributed by atoms with Crippen molar-refractivity contribution in [2.75, 3.05) is 6.61 Å². The van der Waals surface area contributed by atoms with E-state index in [1.807, 2.05) is 42.2 Å². The van der Waals surface area contributed by atoms with Gasteiger partial charge in [-0.1, -0.05) is 48.7 Å². The second kappa shape index (κ2) is 11.9. The number of hydrogen-bond acceptors (Lipinski definition) is 8. The molecular weight excluding hydrogens is 558 g/mol. The molecule has 3 fully saturated rings. The molecule has 0 amide bonds. The van der Waals surface area contributed by atoms with Gasteiger partial charge in [0.25, 0.3) is 0 Å². The van der Waals surface area contributed by atoms with Crippen molar-refractivity contribution >= 4 is 11.9 Å². The van der Waals surface area contributed by atoms with Gasteiger partial charge in [0.1, 0.15) is 11.3 Å². The molecule has 1 saturated heterocycles. The van der Waals surface area contributed by atoms with Gasteiger partial charge in [-0.15, -0.1) is 5.10 Å². The zero-order valence-electron chi connectivity index (χ0n) is 25.1. The summed E-state index contributed by atoms with van der Waals surface area (Å²) in [5, 5.41) is 13.1. The summed E-state index contributed by atoms with van der Waals surface area (Å²) in [6.07, 6.45) is 10.2. The van der Waals surface area contributed by atoms with Crippen LogP contribution in [0.1, 0.15) is 85.5 Å². The van der Waals surface area contributed by atoms with Gasteiger partial charge in [-0.25, -0.2) is 14.3 Å². The van der Waals surface area contributed by atoms with E-state index in [1.54, 1.807) is 4.68 Å². The van der Waals surface area contributed by atoms with Crippen molar-refractivity contribution in [3.05, 3.63) is 77.9 Å². The maximum absolute atomic E-state index is 13.4. The molecule has 1 aliphatic heterocycles. The fourth-order valence-electron chi connectivity index (χ4n) is 6.69. The van der Waals surface area contributed by atoms with E-state index in [-0.39, 0.29) is 24.5 Å². The summed E-state index contributed by atoms with van der Waals surface area (Å²) in [6, 6.07) is 16.3. The minimum absolute atomic E-state index is 0.00561. The van der Waals surface area contributed by atoms with Crippen LogP contribution in [0.3, 0.4) is 0 Å². The van der Waals surface area contributed by atoms with E-state index in [2.05, 4.69) is 46.6 Å². The number of esters is 2. The van der Waals surface area contributed by atoms with Crippen LogP contribution in [0.15, 0.2) is 60.9 Å². The van der Waals surface area contributed by atoms with Crippen LogP contribution < -0.4 is 4.74 Å². The molecule has 10 heteroatoms. The van der Waals surface area contributed by atoms with Gasteiger partial charge >= 0.3 is 11.9 Å². The Kier molecular flexibility index (Phi) is 7.66. The van der Waals surface area contributed by atoms with E-state index in [0.29, 0.717) is 17.9 Å².